The number of amides is 2. The standard InChI is InChI=1S/C20H22N2O3/c1-3-25-18-7-5-4-6-16(18)20(24)21-13(2)14-8-10-17-15(12-14)9-11-19(23)22-17/h4-8,10,12-13H,3,9,11H2,1-2H3,(H,21,24)(H,22,23)/t13-/m0/s1. The quantitative estimate of drug-likeness (QED) is 0.877. The summed E-state index contributed by atoms with van der Waals surface area (Å²) in [7, 11) is 0. The highest BCUT2D eigenvalue weighted by atomic mass is 16.5. The van der Waals surface area contributed by atoms with Gasteiger partial charge in [-0.3, -0.25) is 9.59 Å². The fourth-order valence-electron chi connectivity index (χ4n) is 2.97. The van der Waals surface area contributed by atoms with Gasteiger partial charge in [-0.15, -0.1) is 0 Å². The van der Waals surface area contributed by atoms with Gasteiger partial charge in [0.2, 0.25) is 5.91 Å². The molecule has 2 amide bonds. The fourth-order valence-corrected chi connectivity index (χ4v) is 2.97. The Hall–Kier alpha value is -2.82. The van der Waals surface area contributed by atoms with E-state index in [9.17, 15) is 9.59 Å². The van der Waals surface area contributed by atoms with Crippen molar-refractivity contribution in [2.45, 2.75) is 32.7 Å². The summed E-state index contributed by atoms with van der Waals surface area (Å²) in [5, 5.41) is 5.89. The molecule has 25 heavy (non-hydrogen) atoms. The van der Waals surface area contributed by atoms with Crippen molar-refractivity contribution in [3.05, 3.63) is 59.2 Å². The summed E-state index contributed by atoms with van der Waals surface area (Å²) in [6.07, 6.45) is 1.22. The monoisotopic (exact) mass is 338 g/mol. The van der Waals surface area contributed by atoms with Gasteiger partial charge in [-0.25, -0.2) is 0 Å². The highest BCUT2D eigenvalue weighted by Gasteiger charge is 2.18. The molecule has 2 aromatic rings. The van der Waals surface area contributed by atoms with Crippen molar-refractivity contribution in [3.63, 3.8) is 0 Å². The first-order valence-electron chi connectivity index (χ1n) is 8.54. The second-order valence-corrected chi connectivity index (χ2v) is 6.09. The van der Waals surface area contributed by atoms with E-state index in [1.54, 1.807) is 12.1 Å². The summed E-state index contributed by atoms with van der Waals surface area (Å²) in [6.45, 7) is 4.35. The first-order valence-corrected chi connectivity index (χ1v) is 8.54. The second kappa shape index (κ2) is 7.38. The van der Waals surface area contributed by atoms with E-state index in [-0.39, 0.29) is 17.9 Å². The number of fused-ring (bicyclic) bond motifs is 1. The molecule has 0 aliphatic carbocycles. The number of para-hydroxylation sites is 1. The van der Waals surface area contributed by atoms with Gasteiger partial charge in [-0.05, 0) is 49.6 Å². The van der Waals surface area contributed by atoms with Crippen molar-refractivity contribution >= 4 is 17.5 Å². The van der Waals surface area contributed by atoms with Gasteiger partial charge in [0.25, 0.3) is 5.91 Å². The minimum absolute atomic E-state index is 0.0501. The predicted octanol–water partition coefficient (Wildman–Crippen LogP) is 3.46. The van der Waals surface area contributed by atoms with Gasteiger partial charge in [0.15, 0.2) is 0 Å². The van der Waals surface area contributed by atoms with Gasteiger partial charge in [0, 0.05) is 12.1 Å². The van der Waals surface area contributed by atoms with Gasteiger partial charge < -0.3 is 15.4 Å². The number of hydrogen-bond donors (Lipinski definition) is 2. The molecule has 2 aromatic carbocycles. The van der Waals surface area contributed by atoms with Crippen LogP contribution >= 0.6 is 0 Å². The number of ether oxygens (including phenoxy) is 1. The zero-order valence-electron chi connectivity index (χ0n) is 14.5. The molecular formula is C20H22N2O3. The van der Waals surface area contributed by atoms with Crippen LogP contribution in [0.25, 0.3) is 0 Å². The molecule has 0 aromatic heterocycles. The highest BCUT2D eigenvalue weighted by molar-refractivity contribution is 5.97. The van der Waals surface area contributed by atoms with E-state index >= 15 is 0 Å². The second-order valence-electron chi connectivity index (χ2n) is 6.09. The van der Waals surface area contributed by atoms with E-state index < -0.39 is 0 Å². The highest BCUT2D eigenvalue weighted by Crippen LogP contribution is 2.26. The third kappa shape index (κ3) is 3.82. The summed E-state index contributed by atoms with van der Waals surface area (Å²) in [4.78, 5) is 24.1. The molecule has 0 unspecified atom stereocenters. The average molecular weight is 338 g/mol. The van der Waals surface area contributed by atoms with E-state index in [1.165, 1.54) is 0 Å². The molecule has 0 radical (unpaired) electrons. The summed E-state index contributed by atoms with van der Waals surface area (Å²) in [6, 6.07) is 13.0. The molecule has 1 atom stereocenters. The Balaban J connectivity index is 1.75. The lowest BCUT2D eigenvalue weighted by molar-refractivity contribution is -0.116. The van der Waals surface area contributed by atoms with Crippen LogP contribution in [0.4, 0.5) is 5.69 Å². The molecule has 0 bridgehead atoms. The van der Waals surface area contributed by atoms with Crippen molar-refractivity contribution in [2.75, 3.05) is 11.9 Å². The third-order valence-electron chi connectivity index (χ3n) is 4.30. The summed E-state index contributed by atoms with van der Waals surface area (Å²) in [5.74, 6) is 0.472. The Kier molecular flexibility index (Phi) is 5.03. The van der Waals surface area contributed by atoms with Crippen LogP contribution in [0.1, 0.15) is 47.8 Å². The smallest absolute Gasteiger partial charge is 0.255 e. The van der Waals surface area contributed by atoms with Crippen LogP contribution in [-0.4, -0.2) is 18.4 Å². The molecule has 1 aliphatic heterocycles. The van der Waals surface area contributed by atoms with E-state index in [0.29, 0.717) is 24.3 Å². The third-order valence-corrected chi connectivity index (χ3v) is 4.30. The van der Waals surface area contributed by atoms with Crippen LogP contribution in [0.5, 0.6) is 5.75 Å². The van der Waals surface area contributed by atoms with Crippen LogP contribution in [0.15, 0.2) is 42.5 Å². The van der Waals surface area contributed by atoms with E-state index in [0.717, 1.165) is 23.2 Å². The number of aryl methyl sites for hydroxylation is 1. The molecule has 5 heteroatoms. The molecule has 0 saturated carbocycles. The maximum Gasteiger partial charge on any atom is 0.255 e. The number of carbonyl (C=O) groups excluding carboxylic acids is 2. The predicted molar refractivity (Wildman–Crippen MR) is 96.9 cm³/mol. The molecular weight excluding hydrogens is 316 g/mol. The normalized spacial score (nSPS) is 14.2. The first-order chi connectivity index (χ1) is 12.1. The SMILES string of the molecule is CCOc1ccccc1C(=O)N[C@@H](C)c1ccc2c(c1)CCC(=O)N2. The largest absolute Gasteiger partial charge is 0.493 e. The van der Waals surface area contributed by atoms with Crippen LogP contribution in [0, 0.1) is 0 Å². The Bertz CT molecular complexity index is 801. The zero-order valence-corrected chi connectivity index (χ0v) is 14.5. The zero-order chi connectivity index (χ0) is 17.8. The summed E-state index contributed by atoms with van der Waals surface area (Å²) >= 11 is 0. The Morgan fingerprint density at radius 2 is 2.04 bits per heavy atom. The number of benzene rings is 2. The van der Waals surface area contributed by atoms with Gasteiger partial charge >= 0.3 is 0 Å². The summed E-state index contributed by atoms with van der Waals surface area (Å²) in [5.41, 5.74) is 3.51. The van der Waals surface area contributed by atoms with Crippen LogP contribution in [0.2, 0.25) is 0 Å². The van der Waals surface area contributed by atoms with Crippen LogP contribution in [0.3, 0.4) is 0 Å². The summed E-state index contributed by atoms with van der Waals surface area (Å²) < 4.78 is 5.53. The molecule has 5 nitrogen and oxygen atoms in total. The molecule has 3 rings (SSSR count). The number of nitrogens with one attached hydrogen (secondary N) is 2. The first kappa shape index (κ1) is 17.0. The maximum atomic E-state index is 12.6. The minimum Gasteiger partial charge on any atom is -0.493 e. The molecule has 0 saturated heterocycles. The van der Waals surface area contributed by atoms with Crippen molar-refractivity contribution < 1.29 is 14.3 Å². The molecule has 0 fully saturated rings. The average Bonchev–Trinajstić information content (AvgIpc) is 2.61. The topological polar surface area (TPSA) is 67.4 Å². The van der Waals surface area contributed by atoms with Crippen LogP contribution < -0.4 is 15.4 Å². The Labute approximate surface area is 147 Å². The Morgan fingerprint density at radius 3 is 2.84 bits per heavy atom. The van der Waals surface area contributed by atoms with Crippen LogP contribution in [-0.2, 0) is 11.2 Å². The fraction of sp³-hybridized carbons (Fsp3) is 0.300. The molecule has 1 heterocycles. The number of anilines is 1. The number of carbonyl (C=O) groups is 2. The lowest BCUT2D eigenvalue weighted by Gasteiger charge is -2.21. The Morgan fingerprint density at radius 1 is 1.24 bits per heavy atom. The number of hydrogen-bond acceptors (Lipinski definition) is 3. The van der Waals surface area contributed by atoms with Crippen molar-refractivity contribution in [1.82, 2.24) is 5.32 Å². The maximum absolute atomic E-state index is 12.6. The van der Waals surface area contributed by atoms with Gasteiger partial charge in [-0.2, -0.15) is 0 Å². The lowest BCUT2D eigenvalue weighted by Crippen LogP contribution is -2.27. The minimum atomic E-state index is -0.164. The van der Waals surface area contributed by atoms with Gasteiger partial charge in [0.05, 0.1) is 18.2 Å². The van der Waals surface area contributed by atoms with E-state index in [4.69, 9.17) is 4.74 Å². The lowest BCUT2D eigenvalue weighted by atomic mass is 9.97. The van der Waals surface area contributed by atoms with Crippen molar-refractivity contribution in [2.24, 2.45) is 0 Å². The van der Waals surface area contributed by atoms with Crippen molar-refractivity contribution in [1.29, 1.82) is 0 Å². The van der Waals surface area contributed by atoms with Gasteiger partial charge in [-0.1, -0.05) is 24.3 Å². The molecule has 0 spiro atoms. The van der Waals surface area contributed by atoms with Gasteiger partial charge in [0.1, 0.15) is 5.75 Å². The number of rotatable bonds is 5. The molecule has 1 aliphatic rings. The van der Waals surface area contributed by atoms with E-state index in [1.807, 2.05) is 44.2 Å². The molecule has 130 valence electrons. The van der Waals surface area contributed by atoms with Crippen molar-refractivity contribution in [3.8, 4) is 5.75 Å². The molecule has 2 N–H and O–H groups in total. The van der Waals surface area contributed by atoms with E-state index in [2.05, 4.69) is 10.6 Å².